The van der Waals surface area contributed by atoms with Gasteiger partial charge in [-0.2, -0.15) is 0 Å². The fraction of sp³-hybridized carbons (Fsp3) is 0.385. The van der Waals surface area contributed by atoms with Gasteiger partial charge in [0.2, 0.25) is 5.91 Å². The molecule has 0 aliphatic heterocycles. The van der Waals surface area contributed by atoms with Crippen molar-refractivity contribution in [1.29, 1.82) is 0 Å². The largest absolute Gasteiger partial charge is 0.497 e. The number of amides is 1. The lowest BCUT2D eigenvalue weighted by Crippen LogP contribution is -2.42. The van der Waals surface area contributed by atoms with Crippen molar-refractivity contribution in [2.75, 3.05) is 7.11 Å². The zero-order valence-corrected chi connectivity index (χ0v) is 10.9. The van der Waals surface area contributed by atoms with Crippen molar-refractivity contribution in [2.24, 2.45) is 5.73 Å². The monoisotopic (exact) mass is 266 g/mol. The van der Waals surface area contributed by atoms with E-state index in [1.165, 1.54) is 0 Å². The van der Waals surface area contributed by atoms with Crippen LogP contribution in [0.4, 0.5) is 0 Å². The Hall–Kier alpha value is -2.08. The van der Waals surface area contributed by atoms with E-state index in [-0.39, 0.29) is 6.04 Å². The van der Waals surface area contributed by atoms with Crippen LogP contribution in [-0.4, -0.2) is 30.1 Å². The van der Waals surface area contributed by atoms with Gasteiger partial charge in [-0.15, -0.1) is 0 Å². The summed E-state index contributed by atoms with van der Waals surface area (Å²) >= 11 is 0. The Kier molecular flexibility index (Phi) is 5.32. The van der Waals surface area contributed by atoms with Crippen molar-refractivity contribution in [2.45, 2.75) is 25.4 Å². The van der Waals surface area contributed by atoms with E-state index in [4.69, 9.17) is 15.6 Å². The van der Waals surface area contributed by atoms with Crippen LogP contribution in [-0.2, 0) is 9.59 Å². The molecule has 1 rings (SSSR count). The Bertz CT molecular complexity index is 462. The summed E-state index contributed by atoms with van der Waals surface area (Å²) in [6.07, 6.45) is -0.392. The van der Waals surface area contributed by atoms with Crippen molar-refractivity contribution in [3.05, 3.63) is 29.8 Å². The van der Waals surface area contributed by atoms with Crippen LogP contribution in [0.3, 0.4) is 0 Å². The van der Waals surface area contributed by atoms with E-state index < -0.39 is 24.3 Å². The van der Waals surface area contributed by atoms with Gasteiger partial charge in [-0.25, -0.2) is 0 Å². The summed E-state index contributed by atoms with van der Waals surface area (Å²) in [5.41, 5.74) is 6.34. The predicted octanol–water partition coefficient (Wildman–Crippen LogP) is 0.674. The number of carbonyl (C=O) groups excluding carboxylic acids is 1. The number of ether oxygens (including phenoxy) is 1. The maximum absolute atomic E-state index is 11.7. The number of benzene rings is 1. The van der Waals surface area contributed by atoms with E-state index in [1.54, 1.807) is 26.2 Å². The Morgan fingerprint density at radius 2 is 2.16 bits per heavy atom. The summed E-state index contributed by atoms with van der Waals surface area (Å²) in [4.78, 5) is 22.2. The van der Waals surface area contributed by atoms with E-state index in [1.807, 2.05) is 12.1 Å². The Balaban J connectivity index is 2.65. The quantitative estimate of drug-likeness (QED) is 0.702. The summed E-state index contributed by atoms with van der Waals surface area (Å²) in [5.74, 6) is -0.900. The first kappa shape index (κ1) is 15.0. The van der Waals surface area contributed by atoms with Crippen molar-refractivity contribution >= 4 is 11.9 Å². The number of carboxylic acid groups (broad SMARTS) is 1. The van der Waals surface area contributed by atoms with Gasteiger partial charge in [-0.1, -0.05) is 12.1 Å². The summed E-state index contributed by atoms with van der Waals surface area (Å²) < 4.78 is 5.09. The van der Waals surface area contributed by atoms with E-state index in [0.717, 1.165) is 5.56 Å². The molecule has 1 aromatic carbocycles. The van der Waals surface area contributed by atoms with Crippen LogP contribution in [0.15, 0.2) is 24.3 Å². The highest BCUT2D eigenvalue weighted by molar-refractivity contribution is 5.86. The SMILES string of the molecule is COc1cccc([C@H](C)NC(=O)C(N)CC(=O)O)c1. The van der Waals surface area contributed by atoms with Gasteiger partial charge in [-0.05, 0) is 24.6 Å². The van der Waals surface area contributed by atoms with E-state index in [9.17, 15) is 9.59 Å². The Labute approximate surface area is 111 Å². The molecule has 0 spiro atoms. The minimum absolute atomic E-state index is 0.276. The van der Waals surface area contributed by atoms with E-state index in [2.05, 4.69) is 5.32 Å². The number of rotatable bonds is 6. The molecule has 104 valence electrons. The first-order chi connectivity index (χ1) is 8.93. The van der Waals surface area contributed by atoms with Gasteiger partial charge in [-0.3, -0.25) is 9.59 Å². The van der Waals surface area contributed by atoms with Crippen LogP contribution < -0.4 is 15.8 Å². The molecule has 1 aromatic rings. The summed E-state index contributed by atoms with van der Waals surface area (Å²) in [7, 11) is 1.56. The number of methoxy groups -OCH3 is 1. The summed E-state index contributed by atoms with van der Waals surface area (Å²) in [5, 5.41) is 11.2. The normalized spacial score (nSPS) is 13.4. The Morgan fingerprint density at radius 3 is 2.74 bits per heavy atom. The molecule has 4 N–H and O–H groups in total. The van der Waals surface area contributed by atoms with Gasteiger partial charge in [0, 0.05) is 0 Å². The number of nitrogens with two attached hydrogens (primary N) is 1. The molecule has 0 saturated carbocycles. The summed E-state index contributed by atoms with van der Waals surface area (Å²) in [6, 6.07) is 5.93. The molecular weight excluding hydrogens is 248 g/mol. The van der Waals surface area contributed by atoms with Crippen LogP contribution in [0, 0.1) is 0 Å². The maximum Gasteiger partial charge on any atom is 0.305 e. The second-order valence-corrected chi connectivity index (χ2v) is 4.21. The molecule has 0 aliphatic rings. The van der Waals surface area contributed by atoms with Gasteiger partial charge in [0.1, 0.15) is 5.75 Å². The molecule has 0 saturated heterocycles. The Morgan fingerprint density at radius 1 is 1.47 bits per heavy atom. The van der Waals surface area contributed by atoms with Crippen molar-refractivity contribution < 1.29 is 19.4 Å². The smallest absolute Gasteiger partial charge is 0.305 e. The molecule has 0 aromatic heterocycles. The number of nitrogens with one attached hydrogen (secondary N) is 1. The van der Waals surface area contributed by atoms with Crippen LogP contribution in [0.5, 0.6) is 5.75 Å². The lowest BCUT2D eigenvalue weighted by molar-refractivity contribution is -0.139. The fourth-order valence-corrected chi connectivity index (χ4v) is 1.60. The molecular formula is C13H18N2O4. The van der Waals surface area contributed by atoms with Crippen LogP contribution in [0.1, 0.15) is 24.9 Å². The first-order valence-corrected chi connectivity index (χ1v) is 5.85. The van der Waals surface area contributed by atoms with Gasteiger partial charge in [0.15, 0.2) is 0 Å². The number of hydrogen-bond donors (Lipinski definition) is 3. The zero-order valence-electron chi connectivity index (χ0n) is 10.9. The van der Waals surface area contributed by atoms with Gasteiger partial charge >= 0.3 is 5.97 Å². The van der Waals surface area contributed by atoms with Gasteiger partial charge in [0.05, 0.1) is 25.6 Å². The molecule has 0 radical (unpaired) electrons. The average Bonchev–Trinajstić information content (AvgIpc) is 2.37. The fourth-order valence-electron chi connectivity index (χ4n) is 1.60. The van der Waals surface area contributed by atoms with Gasteiger partial charge in [0.25, 0.3) is 0 Å². The molecule has 0 aliphatic carbocycles. The maximum atomic E-state index is 11.7. The number of aliphatic carboxylic acids is 1. The third kappa shape index (κ3) is 4.59. The molecule has 6 heteroatoms. The molecule has 1 amide bonds. The molecule has 2 atom stereocenters. The lowest BCUT2D eigenvalue weighted by atomic mass is 10.1. The third-order valence-electron chi connectivity index (χ3n) is 2.68. The number of carboxylic acids is 1. The van der Waals surface area contributed by atoms with Crippen LogP contribution in [0.2, 0.25) is 0 Å². The topological polar surface area (TPSA) is 102 Å². The first-order valence-electron chi connectivity index (χ1n) is 5.85. The lowest BCUT2D eigenvalue weighted by Gasteiger charge is -2.17. The molecule has 0 fully saturated rings. The molecule has 6 nitrogen and oxygen atoms in total. The second kappa shape index (κ2) is 6.75. The van der Waals surface area contributed by atoms with E-state index in [0.29, 0.717) is 5.75 Å². The highest BCUT2D eigenvalue weighted by atomic mass is 16.5. The van der Waals surface area contributed by atoms with Crippen LogP contribution in [0.25, 0.3) is 0 Å². The van der Waals surface area contributed by atoms with Crippen LogP contribution >= 0.6 is 0 Å². The van der Waals surface area contributed by atoms with Crippen molar-refractivity contribution in [3.63, 3.8) is 0 Å². The molecule has 0 bridgehead atoms. The van der Waals surface area contributed by atoms with E-state index >= 15 is 0 Å². The average molecular weight is 266 g/mol. The standard InChI is InChI=1S/C13H18N2O4/c1-8(9-4-3-5-10(6-9)19-2)15-13(18)11(14)7-12(16)17/h3-6,8,11H,7,14H2,1-2H3,(H,15,18)(H,16,17)/t8-,11?/m0/s1. The van der Waals surface area contributed by atoms with Crippen molar-refractivity contribution in [1.82, 2.24) is 5.32 Å². The third-order valence-corrected chi connectivity index (χ3v) is 2.68. The number of hydrogen-bond acceptors (Lipinski definition) is 4. The second-order valence-electron chi connectivity index (χ2n) is 4.21. The molecule has 1 unspecified atom stereocenters. The molecule has 0 heterocycles. The number of carbonyl (C=O) groups is 2. The predicted molar refractivity (Wildman–Crippen MR) is 69.8 cm³/mol. The summed E-state index contributed by atoms with van der Waals surface area (Å²) in [6.45, 7) is 1.79. The highest BCUT2D eigenvalue weighted by Gasteiger charge is 2.19. The zero-order chi connectivity index (χ0) is 14.4. The molecule has 19 heavy (non-hydrogen) atoms. The minimum atomic E-state index is -1.10. The minimum Gasteiger partial charge on any atom is -0.497 e. The van der Waals surface area contributed by atoms with Crippen molar-refractivity contribution in [3.8, 4) is 5.75 Å². The van der Waals surface area contributed by atoms with Gasteiger partial charge < -0.3 is 20.9 Å². The highest BCUT2D eigenvalue weighted by Crippen LogP contribution is 2.18.